The number of rotatable bonds is 6. The number of hydrogen-bond donors (Lipinski definition) is 2. The van der Waals surface area contributed by atoms with Crippen molar-refractivity contribution in [2.45, 2.75) is 32.7 Å². The third-order valence-electron chi connectivity index (χ3n) is 1.63. The summed E-state index contributed by atoms with van der Waals surface area (Å²) in [7, 11) is 0. The lowest BCUT2D eigenvalue weighted by Crippen LogP contribution is -2.44. The van der Waals surface area contributed by atoms with E-state index in [1.807, 2.05) is 0 Å². The van der Waals surface area contributed by atoms with Crippen molar-refractivity contribution < 1.29 is 9.84 Å². The first-order valence-electron chi connectivity index (χ1n) is 4.45. The molecule has 0 amide bonds. The Morgan fingerprint density at radius 3 is 2.50 bits per heavy atom. The summed E-state index contributed by atoms with van der Waals surface area (Å²) in [6, 6.07) is 0. The Kier molecular flexibility index (Phi) is 5.46. The number of hydrogen-bond acceptors (Lipinski definition) is 3. The summed E-state index contributed by atoms with van der Waals surface area (Å²) in [5.74, 6) is 0.656. The first-order chi connectivity index (χ1) is 5.48. The van der Waals surface area contributed by atoms with Gasteiger partial charge in [0.05, 0.1) is 18.8 Å². The van der Waals surface area contributed by atoms with Gasteiger partial charge in [-0.25, -0.2) is 0 Å². The lowest BCUT2D eigenvalue weighted by molar-refractivity contribution is 0.0577. The minimum absolute atomic E-state index is 0.0331. The van der Waals surface area contributed by atoms with Crippen LogP contribution in [0.25, 0.3) is 0 Å². The largest absolute Gasteiger partial charge is 0.394 e. The molecule has 0 fully saturated rings. The summed E-state index contributed by atoms with van der Waals surface area (Å²) in [6.07, 6.45) is 1.04. The third kappa shape index (κ3) is 6.58. The minimum atomic E-state index is -0.586. The summed E-state index contributed by atoms with van der Waals surface area (Å²) in [5, 5.41) is 8.80. The van der Waals surface area contributed by atoms with Crippen molar-refractivity contribution in [1.29, 1.82) is 0 Å². The molecule has 0 aliphatic carbocycles. The van der Waals surface area contributed by atoms with Gasteiger partial charge < -0.3 is 15.6 Å². The van der Waals surface area contributed by atoms with Crippen LogP contribution in [0.1, 0.15) is 27.2 Å². The van der Waals surface area contributed by atoms with Gasteiger partial charge in [0.25, 0.3) is 0 Å². The average Bonchev–Trinajstić information content (AvgIpc) is 1.98. The van der Waals surface area contributed by atoms with Gasteiger partial charge in [0.1, 0.15) is 0 Å². The highest BCUT2D eigenvalue weighted by molar-refractivity contribution is 4.76. The maximum absolute atomic E-state index is 8.80. The smallest absolute Gasteiger partial charge is 0.0665 e. The normalized spacial score (nSPS) is 16.5. The molecule has 0 rings (SSSR count). The van der Waals surface area contributed by atoms with Crippen LogP contribution in [0.5, 0.6) is 0 Å². The zero-order chi connectivity index (χ0) is 9.61. The van der Waals surface area contributed by atoms with Gasteiger partial charge in [-0.15, -0.1) is 0 Å². The first kappa shape index (κ1) is 11.9. The molecule has 0 spiro atoms. The molecule has 1 atom stereocenters. The molecule has 0 aromatic heterocycles. The summed E-state index contributed by atoms with van der Waals surface area (Å²) in [5.41, 5.74) is 5.07. The number of aliphatic hydroxyl groups is 1. The molecule has 0 aromatic rings. The van der Waals surface area contributed by atoms with E-state index in [0.29, 0.717) is 12.5 Å². The molecule has 0 aliphatic rings. The molecule has 0 heterocycles. The molecule has 3 N–H and O–H groups in total. The fourth-order valence-corrected chi connectivity index (χ4v) is 0.670. The van der Waals surface area contributed by atoms with Crippen LogP contribution in [-0.2, 0) is 4.74 Å². The molecule has 3 nitrogen and oxygen atoms in total. The maximum Gasteiger partial charge on any atom is 0.0665 e. The predicted molar refractivity (Wildman–Crippen MR) is 50.0 cm³/mol. The molecule has 1 unspecified atom stereocenters. The molecule has 0 aromatic carbocycles. The van der Waals surface area contributed by atoms with Crippen LogP contribution in [0.2, 0.25) is 0 Å². The van der Waals surface area contributed by atoms with E-state index in [2.05, 4.69) is 13.8 Å². The van der Waals surface area contributed by atoms with Crippen molar-refractivity contribution in [2.75, 3.05) is 19.8 Å². The molecule has 3 heteroatoms. The van der Waals surface area contributed by atoms with Crippen molar-refractivity contribution in [3.63, 3.8) is 0 Å². The van der Waals surface area contributed by atoms with Gasteiger partial charge in [0, 0.05) is 6.61 Å². The van der Waals surface area contributed by atoms with E-state index in [9.17, 15) is 0 Å². The summed E-state index contributed by atoms with van der Waals surface area (Å²) < 4.78 is 5.32. The van der Waals surface area contributed by atoms with Gasteiger partial charge >= 0.3 is 0 Å². The standard InChI is InChI=1S/C9H21NO2/c1-8(2)4-5-12-7-9(3,10)6-11/h8,11H,4-7,10H2,1-3H3. The molecule has 0 aliphatic heterocycles. The molecule has 12 heavy (non-hydrogen) atoms. The quantitative estimate of drug-likeness (QED) is 0.586. The van der Waals surface area contributed by atoms with Crippen LogP contribution in [0.3, 0.4) is 0 Å². The fourth-order valence-electron chi connectivity index (χ4n) is 0.670. The second-order valence-corrected chi connectivity index (χ2v) is 4.05. The molecule has 0 saturated heterocycles. The maximum atomic E-state index is 8.80. The van der Waals surface area contributed by atoms with Crippen molar-refractivity contribution in [2.24, 2.45) is 11.7 Å². The average molecular weight is 175 g/mol. The highest BCUT2D eigenvalue weighted by Gasteiger charge is 2.16. The van der Waals surface area contributed by atoms with Gasteiger partial charge in [-0.2, -0.15) is 0 Å². The van der Waals surface area contributed by atoms with E-state index in [4.69, 9.17) is 15.6 Å². The van der Waals surface area contributed by atoms with Gasteiger partial charge in [-0.1, -0.05) is 13.8 Å². The molecular formula is C9H21NO2. The zero-order valence-corrected chi connectivity index (χ0v) is 8.34. The molecule has 74 valence electrons. The van der Waals surface area contributed by atoms with Crippen LogP contribution in [0, 0.1) is 5.92 Å². The minimum Gasteiger partial charge on any atom is -0.394 e. The number of aliphatic hydroxyl groups excluding tert-OH is 1. The van der Waals surface area contributed by atoms with Crippen LogP contribution >= 0.6 is 0 Å². The Labute approximate surface area is 74.9 Å². The van der Waals surface area contributed by atoms with E-state index >= 15 is 0 Å². The molecular weight excluding hydrogens is 154 g/mol. The lowest BCUT2D eigenvalue weighted by atomic mass is 10.1. The number of ether oxygens (including phenoxy) is 1. The summed E-state index contributed by atoms with van der Waals surface area (Å²) in [6.45, 7) is 7.20. The molecule has 0 saturated carbocycles. The van der Waals surface area contributed by atoms with Crippen molar-refractivity contribution in [1.82, 2.24) is 0 Å². The van der Waals surface area contributed by atoms with Gasteiger partial charge in [-0.05, 0) is 19.3 Å². The van der Waals surface area contributed by atoms with E-state index in [-0.39, 0.29) is 6.61 Å². The Balaban J connectivity index is 3.31. The van der Waals surface area contributed by atoms with Crippen LogP contribution in [0.4, 0.5) is 0 Å². The van der Waals surface area contributed by atoms with Gasteiger partial charge in [0.2, 0.25) is 0 Å². The van der Waals surface area contributed by atoms with E-state index in [0.717, 1.165) is 13.0 Å². The Bertz CT molecular complexity index is 113. The predicted octanol–water partition coefficient (Wildman–Crippen LogP) is 0.759. The summed E-state index contributed by atoms with van der Waals surface area (Å²) in [4.78, 5) is 0. The second-order valence-electron chi connectivity index (χ2n) is 4.05. The number of nitrogens with two attached hydrogens (primary N) is 1. The van der Waals surface area contributed by atoms with Crippen molar-refractivity contribution in [3.8, 4) is 0 Å². The SMILES string of the molecule is CC(C)CCOCC(C)(N)CO. The van der Waals surface area contributed by atoms with Crippen LogP contribution < -0.4 is 5.73 Å². The highest BCUT2D eigenvalue weighted by atomic mass is 16.5. The Hall–Kier alpha value is -0.120. The lowest BCUT2D eigenvalue weighted by Gasteiger charge is -2.21. The van der Waals surface area contributed by atoms with E-state index in [1.54, 1.807) is 6.92 Å². The van der Waals surface area contributed by atoms with Gasteiger partial charge in [-0.3, -0.25) is 0 Å². The molecule has 0 radical (unpaired) electrons. The zero-order valence-electron chi connectivity index (χ0n) is 8.34. The highest BCUT2D eigenvalue weighted by Crippen LogP contribution is 2.02. The van der Waals surface area contributed by atoms with Crippen molar-refractivity contribution >= 4 is 0 Å². The van der Waals surface area contributed by atoms with Crippen LogP contribution in [-0.4, -0.2) is 30.5 Å². The monoisotopic (exact) mass is 175 g/mol. The topological polar surface area (TPSA) is 55.5 Å². The van der Waals surface area contributed by atoms with E-state index < -0.39 is 5.54 Å². The fraction of sp³-hybridized carbons (Fsp3) is 1.00. The van der Waals surface area contributed by atoms with Gasteiger partial charge in [0.15, 0.2) is 0 Å². The molecule has 0 bridgehead atoms. The van der Waals surface area contributed by atoms with Crippen LogP contribution in [0.15, 0.2) is 0 Å². The third-order valence-corrected chi connectivity index (χ3v) is 1.63. The second kappa shape index (κ2) is 5.51. The summed E-state index contributed by atoms with van der Waals surface area (Å²) >= 11 is 0. The Morgan fingerprint density at radius 2 is 2.08 bits per heavy atom. The van der Waals surface area contributed by atoms with Crippen molar-refractivity contribution in [3.05, 3.63) is 0 Å². The Morgan fingerprint density at radius 1 is 1.50 bits per heavy atom. The van der Waals surface area contributed by atoms with E-state index in [1.165, 1.54) is 0 Å². The first-order valence-corrected chi connectivity index (χ1v) is 4.45.